The van der Waals surface area contributed by atoms with Crippen molar-refractivity contribution in [1.29, 1.82) is 0 Å². The first-order valence-corrected chi connectivity index (χ1v) is 9.99. The molecule has 0 amide bonds. The summed E-state index contributed by atoms with van der Waals surface area (Å²) in [5, 5.41) is 17.2. The molecule has 3 aromatic rings. The second-order valence-corrected chi connectivity index (χ2v) is 8.72. The highest BCUT2D eigenvalue weighted by Gasteiger charge is 2.71. The monoisotopic (exact) mass is 397 g/mol. The van der Waals surface area contributed by atoms with Crippen LogP contribution in [0.1, 0.15) is 37.5 Å². The number of anilines is 3. The van der Waals surface area contributed by atoms with Crippen LogP contribution in [0.5, 0.6) is 0 Å². The number of halogens is 1. The molecule has 8 nitrogen and oxygen atoms in total. The normalized spacial score (nSPS) is 27.7. The smallest absolute Gasteiger partial charge is 0.244 e. The summed E-state index contributed by atoms with van der Waals surface area (Å²) in [6, 6.07) is 7.87. The predicted molar refractivity (Wildman–Crippen MR) is 104 cm³/mol. The summed E-state index contributed by atoms with van der Waals surface area (Å²) in [5.74, 6) is 2.97. The van der Waals surface area contributed by atoms with Crippen molar-refractivity contribution >= 4 is 29.2 Å². The lowest BCUT2D eigenvalue weighted by molar-refractivity contribution is -0.0618. The molecule has 7 rings (SSSR count). The Labute approximate surface area is 166 Å². The van der Waals surface area contributed by atoms with Crippen LogP contribution in [0.4, 0.5) is 17.6 Å². The van der Waals surface area contributed by atoms with E-state index >= 15 is 0 Å². The highest BCUT2D eigenvalue weighted by Crippen LogP contribution is 2.68. The fourth-order valence-electron chi connectivity index (χ4n) is 5.00. The van der Waals surface area contributed by atoms with Gasteiger partial charge in [-0.25, -0.2) is 4.68 Å². The van der Waals surface area contributed by atoms with Gasteiger partial charge < -0.3 is 14.6 Å². The highest BCUT2D eigenvalue weighted by atomic mass is 35.5. The molecule has 3 fully saturated rings. The van der Waals surface area contributed by atoms with Crippen LogP contribution in [0.3, 0.4) is 0 Å². The predicted octanol–water partition coefficient (Wildman–Crippen LogP) is 3.45. The van der Waals surface area contributed by atoms with E-state index in [4.69, 9.17) is 26.1 Å². The number of nitrogens with zero attached hydrogens (tertiary/aromatic N) is 6. The van der Waals surface area contributed by atoms with Gasteiger partial charge in [-0.05, 0) is 43.9 Å². The molecule has 2 bridgehead atoms. The Hall–Kier alpha value is -2.61. The molecular weight excluding hydrogens is 378 g/mol. The number of aromatic nitrogens is 5. The number of hydrogen-bond donors (Lipinski definition) is 1. The minimum Gasteiger partial charge on any atom is -0.425 e. The number of nitrogens with one attached hydrogen (secondary N) is 1. The molecule has 9 heteroatoms. The third-order valence-electron chi connectivity index (χ3n) is 6.15. The topological polar surface area (TPSA) is 84.9 Å². The van der Waals surface area contributed by atoms with E-state index in [-0.39, 0.29) is 11.0 Å². The highest BCUT2D eigenvalue weighted by molar-refractivity contribution is 6.30. The molecule has 0 atom stereocenters. The first-order chi connectivity index (χ1) is 13.5. The molecule has 1 aliphatic heterocycles. The van der Waals surface area contributed by atoms with Crippen LogP contribution < -0.4 is 10.2 Å². The van der Waals surface area contributed by atoms with Gasteiger partial charge in [0.1, 0.15) is 0 Å². The van der Waals surface area contributed by atoms with E-state index < -0.39 is 0 Å². The zero-order chi connectivity index (χ0) is 18.9. The average Bonchev–Trinajstić information content (AvgIpc) is 3.22. The van der Waals surface area contributed by atoms with Gasteiger partial charge in [0, 0.05) is 36.3 Å². The molecule has 2 aromatic heterocycles. The first kappa shape index (κ1) is 16.4. The van der Waals surface area contributed by atoms with Crippen LogP contribution in [-0.2, 0) is 12.0 Å². The van der Waals surface area contributed by atoms with Crippen LogP contribution in [0.15, 0.2) is 28.7 Å². The van der Waals surface area contributed by atoms with Gasteiger partial charge in [-0.2, -0.15) is 4.98 Å². The van der Waals surface area contributed by atoms with Gasteiger partial charge >= 0.3 is 0 Å². The van der Waals surface area contributed by atoms with Crippen molar-refractivity contribution < 1.29 is 4.42 Å². The molecule has 28 heavy (non-hydrogen) atoms. The fourth-order valence-corrected chi connectivity index (χ4v) is 5.18. The van der Waals surface area contributed by atoms with E-state index in [1.165, 1.54) is 0 Å². The standard InChI is InChI=1S/C19H20ClN7O/c1-12-23-24-15(28-12)18-9-19(10-18,11-18)22-16-21-17-26(6-3-7-27(17)25-16)14-5-2-4-13(20)8-14/h2,4-5,8H,3,6-7,9-11H2,1H3,(H,22,25). The van der Waals surface area contributed by atoms with Crippen molar-refractivity contribution in [2.75, 3.05) is 16.8 Å². The maximum absolute atomic E-state index is 6.18. The lowest BCUT2D eigenvalue weighted by Crippen LogP contribution is -2.73. The van der Waals surface area contributed by atoms with Crippen LogP contribution in [0.2, 0.25) is 5.02 Å². The molecule has 0 radical (unpaired) electrons. The second-order valence-electron chi connectivity index (χ2n) is 8.29. The lowest BCUT2D eigenvalue weighted by Gasteiger charge is -2.68. The Morgan fingerprint density at radius 3 is 2.79 bits per heavy atom. The summed E-state index contributed by atoms with van der Waals surface area (Å²) in [7, 11) is 0. The fraction of sp³-hybridized carbons (Fsp3) is 0.474. The zero-order valence-corrected chi connectivity index (χ0v) is 16.3. The minimum atomic E-state index is 0.0560. The molecule has 1 N–H and O–H groups in total. The van der Waals surface area contributed by atoms with Gasteiger partial charge in [-0.3, -0.25) is 0 Å². The van der Waals surface area contributed by atoms with Gasteiger partial charge in [0.25, 0.3) is 0 Å². The number of hydrogen-bond acceptors (Lipinski definition) is 7. The molecule has 3 saturated carbocycles. The summed E-state index contributed by atoms with van der Waals surface area (Å²) >= 11 is 6.18. The molecule has 144 valence electrons. The SMILES string of the molecule is Cc1nnc(C23CC(Nc4nc5n(n4)CCCN5c4cccc(Cl)c4)(C2)C3)o1. The van der Waals surface area contributed by atoms with Gasteiger partial charge in [0.05, 0.1) is 5.41 Å². The summed E-state index contributed by atoms with van der Waals surface area (Å²) in [5.41, 5.74) is 1.16. The van der Waals surface area contributed by atoms with Gasteiger partial charge in [0.15, 0.2) is 0 Å². The molecular formula is C19H20ClN7O. The van der Waals surface area contributed by atoms with E-state index in [0.717, 1.165) is 61.3 Å². The molecule has 0 unspecified atom stereocenters. The second kappa shape index (κ2) is 5.47. The molecule has 3 heterocycles. The Morgan fingerprint density at radius 1 is 1.18 bits per heavy atom. The van der Waals surface area contributed by atoms with E-state index in [2.05, 4.69) is 26.5 Å². The summed E-state index contributed by atoms with van der Waals surface area (Å²) < 4.78 is 7.64. The minimum absolute atomic E-state index is 0.0560. The molecule has 1 aromatic carbocycles. The molecule has 0 spiro atoms. The summed E-state index contributed by atoms with van der Waals surface area (Å²) in [6.07, 6.45) is 3.99. The van der Waals surface area contributed by atoms with E-state index in [0.29, 0.717) is 11.8 Å². The quantitative estimate of drug-likeness (QED) is 0.721. The van der Waals surface area contributed by atoms with Crippen molar-refractivity contribution in [2.24, 2.45) is 0 Å². The summed E-state index contributed by atoms with van der Waals surface area (Å²) in [4.78, 5) is 6.98. The number of rotatable bonds is 4. The Kier molecular flexibility index (Phi) is 3.19. The largest absolute Gasteiger partial charge is 0.425 e. The summed E-state index contributed by atoms with van der Waals surface area (Å²) in [6.45, 7) is 3.61. The molecule has 4 aliphatic rings. The van der Waals surface area contributed by atoms with E-state index in [1.54, 1.807) is 0 Å². The number of fused-ring (bicyclic) bond motifs is 1. The van der Waals surface area contributed by atoms with Gasteiger partial charge in [-0.15, -0.1) is 15.3 Å². The van der Waals surface area contributed by atoms with Crippen molar-refractivity contribution in [2.45, 2.75) is 50.1 Å². The third kappa shape index (κ3) is 2.30. The van der Waals surface area contributed by atoms with Crippen molar-refractivity contribution in [3.8, 4) is 0 Å². The molecule has 0 saturated heterocycles. The van der Waals surface area contributed by atoms with Gasteiger partial charge in [0.2, 0.25) is 23.7 Å². The van der Waals surface area contributed by atoms with Crippen molar-refractivity contribution in [3.63, 3.8) is 0 Å². The number of benzene rings is 1. The molecule has 3 aliphatic carbocycles. The first-order valence-electron chi connectivity index (χ1n) is 9.61. The van der Waals surface area contributed by atoms with E-state index in [9.17, 15) is 0 Å². The van der Waals surface area contributed by atoms with Crippen LogP contribution in [-0.4, -0.2) is 37.0 Å². The maximum Gasteiger partial charge on any atom is 0.244 e. The van der Waals surface area contributed by atoms with Gasteiger partial charge in [-0.1, -0.05) is 17.7 Å². The lowest BCUT2D eigenvalue weighted by atomic mass is 9.39. The Balaban J connectivity index is 1.22. The third-order valence-corrected chi connectivity index (χ3v) is 6.39. The van der Waals surface area contributed by atoms with Crippen molar-refractivity contribution in [3.05, 3.63) is 41.1 Å². The van der Waals surface area contributed by atoms with Crippen LogP contribution in [0.25, 0.3) is 0 Å². The van der Waals surface area contributed by atoms with Crippen LogP contribution in [0, 0.1) is 6.92 Å². The van der Waals surface area contributed by atoms with Crippen LogP contribution >= 0.6 is 11.6 Å². The number of aryl methyl sites for hydroxylation is 2. The van der Waals surface area contributed by atoms with Crippen molar-refractivity contribution in [1.82, 2.24) is 25.0 Å². The average molecular weight is 398 g/mol. The maximum atomic E-state index is 6.18. The zero-order valence-electron chi connectivity index (χ0n) is 15.5. The van der Waals surface area contributed by atoms with E-state index in [1.807, 2.05) is 29.8 Å². The Bertz CT molecular complexity index is 1050. The Morgan fingerprint density at radius 2 is 2.04 bits per heavy atom.